The topological polar surface area (TPSA) is 118 Å². The molecule has 11 heteroatoms. The van der Waals surface area contributed by atoms with Crippen LogP contribution in [-0.2, 0) is 20.9 Å². The minimum absolute atomic E-state index is 0.216. The van der Waals surface area contributed by atoms with Gasteiger partial charge in [-0.25, -0.2) is 5.43 Å². The molecule has 0 heterocycles. The van der Waals surface area contributed by atoms with Crippen LogP contribution < -0.4 is 25.5 Å². The molecule has 0 aliphatic carbocycles. The molecule has 0 saturated carbocycles. The fraction of sp³-hybridized carbons (Fsp3) is 0.214. The van der Waals surface area contributed by atoms with Crippen molar-refractivity contribution in [1.82, 2.24) is 10.7 Å². The van der Waals surface area contributed by atoms with Gasteiger partial charge in [-0.05, 0) is 90.4 Å². The number of hydrogen-bond donors (Lipinski definition) is 3. The summed E-state index contributed by atoms with van der Waals surface area (Å²) >= 11 is 5.51. The number of ether oxygens (including phenoxy) is 2. The number of anilines is 1. The molecular weight excluding hydrogens is 679 g/mol. The molecule has 204 valence electrons. The fourth-order valence-electron chi connectivity index (χ4n) is 3.31. The van der Waals surface area contributed by atoms with E-state index in [0.717, 1.165) is 21.2 Å². The van der Waals surface area contributed by atoms with Gasteiger partial charge in [0.1, 0.15) is 0 Å². The largest absolute Gasteiger partial charge is 0.490 e. The van der Waals surface area contributed by atoms with Crippen molar-refractivity contribution in [1.29, 1.82) is 0 Å². The highest BCUT2D eigenvalue weighted by molar-refractivity contribution is 14.1. The Labute approximate surface area is 249 Å². The second-order valence-electron chi connectivity index (χ2n) is 8.43. The van der Waals surface area contributed by atoms with Gasteiger partial charge < -0.3 is 20.1 Å². The Kier molecular flexibility index (Phi) is 11.3. The normalized spacial score (nSPS) is 10.7. The van der Waals surface area contributed by atoms with Crippen molar-refractivity contribution >= 4 is 68.1 Å². The molecule has 9 nitrogen and oxygen atoms in total. The van der Waals surface area contributed by atoms with Gasteiger partial charge in [0.05, 0.1) is 16.4 Å². The highest BCUT2D eigenvalue weighted by Gasteiger charge is 2.15. The van der Waals surface area contributed by atoms with E-state index in [4.69, 9.17) is 9.47 Å². The average molecular weight is 707 g/mol. The maximum atomic E-state index is 12.4. The van der Waals surface area contributed by atoms with Crippen molar-refractivity contribution in [3.63, 3.8) is 0 Å². The molecule has 0 atom stereocenters. The van der Waals surface area contributed by atoms with Gasteiger partial charge in [-0.1, -0.05) is 45.8 Å². The Morgan fingerprint density at radius 2 is 1.74 bits per heavy atom. The lowest BCUT2D eigenvalue weighted by atomic mass is 10.1. The van der Waals surface area contributed by atoms with Gasteiger partial charge in [-0.15, -0.1) is 0 Å². The molecule has 0 aromatic heterocycles. The predicted octanol–water partition coefficient (Wildman–Crippen LogP) is 4.85. The van der Waals surface area contributed by atoms with Gasteiger partial charge in [0.25, 0.3) is 5.91 Å². The zero-order valence-electron chi connectivity index (χ0n) is 21.6. The van der Waals surface area contributed by atoms with E-state index in [-0.39, 0.29) is 19.1 Å². The maximum absolute atomic E-state index is 12.4. The molecule has 0 spiro atoms. The van der Waals surface area contributed by atoms with Crippen molar-refractivity contribution in [3.8, 4) is 11.5 Å². The third-order valence-electron chi connectivity index (χ3n) is 5.28. The number of carbonyl (C=O) groups excluding carboxylic acids is 3. The first-order chi connectivity index (χ1) is 18.7. The molecule has 0 aliphatic heterocycles. The van der Waals surface area contributed by atoms with Crippen LogP contribution in [0.5, 0.6) is 11.5 Å². The third kappa shape index (κ3) is 9.36. The van der Waals surface area contributed by atoms with E-state index in [0.29, 0.717) is 32.9 Å². The van der Waals surface area contributed by atoms with E-state index >= 15 is 0 Å². The Morgan fingerprint density at radius 1 is 1.00 bits per heavy atom. The number of rotatable bonds is 10. The van der Waals surface area contributed by atoms with Crippen LogP contribution in [0.1, 0.15) is 29.2 Å². The average Bonchev–Trinajstić information content (AvgIpc) is 2.90. The van der Waals surface area contributed by atoms with Crippen LogP contribution in [-0.4, -0.2) is 37.1 Å². The summed E-state index contributed by atoms with van der Waals surface area (Å²) in [5.74, 6) is -1.16. The van der Waals surface area contributed by atoms with Crippen LogP contribution in [0.3, 0.4) is 0 Å². The summed E-state index contributed by atoms with van der Waals surface area (Å²) in [6, 6.07) is 16.6. The zero-order chi connectivity index (χ0) is 28.4. The first-order valence-electron chi connectivity index (χ1n) is 12.0. The number of carbonyl (C=O) groups is 3. The molecule has 3 aromatic carbocycles. The second-order valence-corrected chi connectivity index (χ2v) is 10.4. The molecule has 3 rings (SSSR count). The van der Waals surface area contributed by atoms with Crippen LogP contribution in [0.25, 0.3) is 0 Å². The van der Waals surface area contributed by atoms with E-state index in [1.54, 1.807) is 18.2 Å². The smallest absolute Gasteiger partial charge is 0.329 e. The number of nitrogens with one attached hydrogen (secondary N) is 3. The molecule has 39 heavy (non-hydrogen) atoms. The minimum atomic E-state index is -0.884. The monoisotopic (exact) mass is 706 g/mol. The third-order valence-corrected chi connectivity index (χ3v) is 6.97. The highest BCUT2D eigenvalue weighted by atomic mass is 127. The molecule has 3 aromatic rings. The van der Waals surface area contributed by atoms with Crippen molar-refractivity contribution < 1.29 is 23.9 Å². The van der Waals surface area contributed by atoms with E-state index in [1.165, 1.54) is 6.21 Å². The Hall–Kier alpha value is -3.45. The van der Waals surface area contributed by atoms with Crippen LogP contribution in [0.2, 0.25) is 0 Å². The molecule has 0 unspecified atom stereocenters. The number of nitrogens with zero attached hydrogens (tertiary/aromatic N) is 1. The van der Waals surface area contributed by atoms with Gasteiger partial charge >= 0.3 is 11.8 Å². The van der Waals surface area contributed by atoms with Crippen LogP contribution in [0, 0.1) is 17.4 Å². The van der Waals surface area contributed by atoms with Crippen LogP contribution >= 0.6 is 38.5 Å². The van der Waals surface area contributed by atoms with Crippen molar-refractivity contribution in [3.05, 3.63) is 84.9 Å². The van der Waals surface area contributed by atoms with Crippen molar-refractivity contribution in [2.75, 3.05) is 18.5 Å². The molecule has 0 fully saturated rings. The molecule has 3 amide bonds. The summed E-state index contributed by atoms with van der Waals surface area (Å²) in [5, 5.41) is 9.25. The van der Waals surface area contributed by atoms with E-state index in [1.807, 2.05) is 57.2 Å². The van der Waals surface area contributed by atoms with Crippen molar-refractivity contribution in [2.45, 2.75) is 27.3 Å². The summed E-state index contributed by atoms with van der Waals surface area (Å²) in [6.07, 6.45) is 1.39. The minimum Gasteiger partial charge on any atom is -0.490 e. The summed E-state index contributed by atoms with van der Waals surface area (Å²) in [6.45, 7) is 6.12. The van der Waals surface area contributed by atoms with Crippen LogP contribution in [0.15, 0.2) is 64.2 Å². The Bertz CT molecular complexity index is 1380. The first-order valence-corrected chi connectivity index (χ1v) is 13.9. The number of aryl methyl sites for hydroxylation is 2. The predicted molar refractivity (Wildman–Crippen MR) is 162 cm³/mol. The highest BCUT2D eigenvalue weighted by Crippen LogP contribution is 2.34. The lowest BCUT2D eigenvalue weighted by Gasteiger charge is -2.15. The first kappa shape index (κ1) is 30.1. The van der Waals surface area contributed by atoms with E-state index in [2.05, 4.69) is 59.7 Å². The molecule has 0 saturated heterocycles. The van der Waals surface area contributed by atoms with Gasteiger partial charge in [-0.2, -0.15) is 5.10 Å². The van der Waals surface area contributed by atoms with Gasteiger partial charge in [-0.3, -0.25) is 14.4 Å². The summed E-state index contributed by atoms with van der Waals surface area (Å²) in [4.78, 5) is 36.6. The SMILES string of the molecule is CCOc1cc(/C=N\NC(=O)C(=O)NCc2ccc(C)cc2)cc(I)c1OCC(=O)Nc1ccc(Br)c(C)c1. The standard InChI is InChI=1S/C28H28BrIN4O5/c1-4-38-24-13-20(15-32-34-28(37)27(36)31-14-19-7-5-17(2)6-8-19)12-23(30)26(24)39-16-25(35)33-21-9-10-22(29)18(3)11-21/h5-13,15H,4,14,16H2,1-3H3,(H,31,36)(H,33,35)(H,34,37)/b32-15-. The lowest BCUT2D eigenvalue weighted by Crippen LogP contribution is -2.37. The number of halogens is 2. The second kappa shape index (κ2) is 14.6. The number of benzene rings is 3. The lowest BCUT2D eigenvalue weighted by molar-refractivity contribution is -0.139. The molecule has 0 aliphatic rings. The summed E-state index contributed by atoms with van der Waals surface area (Å²) < 4.78 is 13.1. The number of hydrogen-bond acceptors (Lipinski definition) is 6. The molecule has 0 bridgehead atoms. The maximum Gasteiger partial charge on any atom is 0.329 e. The van der Waals surface area contributed by atoms with Crippen LogP contribution in [0.4, 0.5) is 5.69 Å². The van der Waals surface area contributed by atoms with E-state index in [9.17, 15) is 14.4 Å². The number of hydrazone groups is 1. The quantitative estimate of drug-likeness (QED) is 0.121. The summed E-state index contributed by atoms with van der Waals surface area (Å²) in [7, 11) is 0. The Balaban J connectivity index is 1.57. The van der Waals surface area contributed by atoms with Gasteiger partial charge in [0.15, 0.2) is 18.1 Å². The van der Waals surface area contributed by atoms with Gasteiger partial charge in [0, 0.05) is 16.7 Å². The summed E-state index contributed by atoms with van der Waals surface area (Å²) in [5.41, 5.74) is 6.48. The number of amides is 3. The van der Waals surface area contributed by atoms with E-state index < -0.39 is 11.8 Å². The molecule has 0 radical (unpaired) electrons. The zero-order valence-corrected chi connectivity index (χ0v) is 25.4. The van der Waals surface area contributed by atoms with Crippen molar-refractivity contribution in [2.24, 2.45) is 5.10 Å². The Morgan fingerprint density at radius 3 is 2.44 bits per heavy atom. The fourth-order valence-corrected chi connectivity index (χ4v) is 4.34. The molecule has 3 N–H and O–H groups in total. The molecular formula is C28H28BrIN4O5. The van der Waals surface area contributed by atoms with Gasteiger partial charge in [0.2, 0.25) is 0 Å².